The van der Waals surface area contributed by atoms with E-state index in [1.807, 2.05) is 24.3 Å². The zero-order chi connectivity index (χ0) is 24.4. The number of benzene rings is 1. The molecule has 0 radical (unpaired) electrons. The highest BCUT2D eigenvalue weighted by molar-refractivity contribution is 6.31. The summed E-state index contributed by atoms with van der Waals surface area (Å²) in [5.74, 6) is 2.45. The third-order valence-electron chi connectivity index (χ3n) is 5.94. The molecule has 1 aromatic carbocycles. The van der Waals surface area contributed by atoms with Crippen LogP contribution in [-0.4, -0.2) is 58.2 Å². The van der Waals surface area contributed by atoms with Gasteiger partial charge in [-0.3, -0.25) is 9.97 Å². The predicted octanol–water partition coefficient (Wildman–Crippen LogP) is 5.04. The Balaban J connectivity index is 1.26. The highest BCUT2D eigenvalue weighted by Gasteiger charge is 2.32. The van der Waals surface area contributed by atoms with Gasteiger partial charge >= 0.3 is 0 Å². The Bertz CT molecular complexity index is 1340. The second kappa shape index (κ2) is 9.89. The van der Waals surface area contributed by atoms with Crippen molar-refractivity contribution in [1.82, 2.24) is 24.8 Å². The fraction of sp³-hybridized carbons (Fsp3) is 0.280. The highest BCUT2D eigenvalue weighted by Crippen LogP contribution is 2.36. The van der Waals surface area contributed by atoms with E-state index in [0.29, 0.717) is 28.6 Å². The summed E-state index contributed by atoms with van der Waals surface area (Å²) in [5.41, 5.74) is 3.01. The molecule has 4 aromatic rings. The third kappa shape index (κ3) is 5.36. The normalized spacial score (nSPS) is 17.2. The Morgan fingerprint density at radius 3 is 2.51 bits per heavy atom. The molecule has 0 amide bonds. The van der Waals surface area contributed by atoms with Crippen molar-refractivity contribution in [3.63, 3.8) is 0 Å². The first-order valence-corrected chi connectivity index (χ1v) is 11.6. The van der Waals surface area contributed by atoms with E-state index in [4.69, 9.17) is 21.1 Å². The number of nitrogens with one attached hydrogen (secondary N) is 2. The van der Waals surface area contributed by atoms with Crippen LogP contribution < -0.4 is 20.1 Å². The van der Waals surface area contributed by atoms with Crippen LogP contribution in [0.1, 0.15) is 12.8 Å². The minimum Gasteiger partial charge on any atom is -0.493 e. The van der Waals surface area contributed by atoms with E-state index < -0.39 is 0 Å². The summed E-state index contributed by atoms with van der Waals surface area (Å²) in [6.45, 7) is 0. The van der Waals surface area contributed by atoms with Crippen molar-refractivity contribution in [1.29, 1.82) is 0 Å². The third-order valence-corrected chi connectivity index (χ3v) is 6.15. The zero-order valence-electron chi connectivity index (χ0n) is 19.7. The summed E-state index contributed by atoms with van der Waals surface area (Å²) in [6.07, 6.45) is 7.22. The van der Waals surface area contributed by atoms with Gasteiger partial charge in [-0.05, 0) is 57.3 Å². The molecule has 2 N–H and O–H groups in total. The SMILES string of the molecule is COc1cc(Nc2nccc(Nc3cnc4cc(Cl)cnc4c3)n2)ccc1OC1CC(N(C)C)C1. The number of rotatable bonds is 8. The Labute approximate surface area is 208 Å². The molecule has 180 valence electrons. The fourth-order valence-corrected chi connectivity index (χ4v) is 4.04. The summed E-state index contributed by atoms with van der Waals surface area (Å²) < 4.78 is 11.7. The first kappa shape index (κ1) is 23.1. The molecule has 1 fully saturated rings. The van der Waals surface area contributed by atoms with Crippen molar-refractivity contribution in [2.45, 2.75) is 25.0 Å². The van der Waals surface area contributed by atoms with Crippen molar-refractivity contribution >= 4 is 45.8 Å². The number of hydrogen-bond donors (Lipinski definition) is 2. The van der Waals surface area contributed by atoms with Gasteiger partial charge in [0, 0.05) is 30.2 Å². The quantitative estimate of drug-likeness (QED) is 0.351. The summed E-state index contributed by atoms with van der Waals surface area (Å²) in [6, 6.07) is 11.7. The van der Waals surface area contributed by atoms with E-state index in [9.17, 15) is 0 Å². The number of aromatic nitrogens is 4. The maximum Gasteiger partial charge on any atom is 0.229 e. The Kier molecular flexibility index (Phi) is 6.52. The molecule has 9 nitrogen and oxygen atoms in total. The molecule has 35 heavy (non-hydrogen) atoms. The van der Waals surface area contributed by atoms with Gasteiger partial charge in [-0.1, -0.05) is 11.6 Å². The average molecular weight is 492 g/mol. The maximum absolute atomic E-state index is 6.14. The monoisotopic (exact) mass is 491 g/mol. The van der Waals surface area contributed by atoms with Crippen LogP contribution in [0.25, 0.3) is 11.0 Å². The zero-order valence-corrected chi connectivity index (χ0v) is 20.5. The number of hydrogen-bond acceptors (Lipinski definition) is 9. The number of fused-ring (bicyclic) bond motifs is 1. The minimum atomic E-state index is 0.206. The van der Waals surface area contributed by atoms with Gasteiger partial charge in [-0.15, -0.1) is 0 Å². The van der Waals surface area contributed by atoms with E-state index >= 15 is 0 Å². The Hall–Kier alpha value is -3.69. The molecule has 3 aromatic heterocycles. The number of methoxy groups -OCH3 is 1. The second-order valence-electron chi connectivity index (χ2n) is 8.63. The van der Waals surface area contributed by atoms with Gasteiger partial charge in [0.1, 0.15) is 11.9 Å². The van der Waals surface area contributed by atoms with Gasteiger partial charge in [-0.2, -0.15) is 4.98 Å². The lowest BCUT2D eigenvalue weighted by atomic mass is 9.88. The molecule has 1 saturated carbocycles. The fourth-order valence-electron chi connectivity index (χ4n) is 3.89. The van der Waals surface area contributed by atoms with Crippen LogP contribution in [-0.2, 0) is 0 Å². The lowest BCUT2D eigenvalue weighted by Gasteiger charge is -2.39. The van der Waals surface area contributed by atoms with Crippen molar-refractivity contribution in [3.05, 3.63) is 60.0 Å². The number of pyridine rings is 2. The first-order valence-electron chi connectivity index (χ1n) is 11.3. The van der Waals surface area contributed by atoms with Gasteiger partial charge in [0.25, 0.3) is 0 Å². The highest BCUT2D eigenvalue weighted by atomic mass is 35.5. The molecule has 0 bridgehead atoms. The predicted molar refractivity (Wildman–Crippen MR) is 137 cm³/mol. The standard InChI is InChI=1S/C25H26ClN7O2/c1-33(2)18-11-19(12-18)35-22-5-4-16(10-23(22)34-3)31-25-27-7-6-24(32-25)30-17-9-21-20(29-14-17)8-15(26)13-28-21/h4-10,13-14,18-19H,11-12H2,1-3H3,(H2,27,30,31,32). The largest absolute Gasteiger partial charge is 0.493 e. The molecule has 0 atom stereocenters. The van der Waals surface area contributed by atoms with Crippen LogP contribution in [0.2, 0.25) is 5.02 Å². The number of halogens is 1. The molecule has 1 aliphatic carbocycles. The lowest BCUT2D eigenvalue weighted by Crippen LogP contribution is -2.46. The molecule has 10 heteroatoms. The number of nitrogens with zero attached hydrogens (tertiary/aromatic N) is 5. The first-order chi connectivity index (χ1) is 17.0. The molecule has 0 spiro atoms. The number of anilines is 4. The van der Waals surface area contributed by atoms with Crippen LogP contribution in [0.15, 0.2) is 55.0 Å². The van der Waals surface area contributed by atoms with Crippen molar-refractivity contribution in [2.75, 3.05) is 31.8 Å². The van der Waals surface area contributed by atoms with E-state index in [-0.39, 0.29) is 6.10 Å². The van der Waals surface area contributed by atoms with Crippen LogP contribution in [0.4, 0.5) is 23.1 Å². The molecular formula is C25H26ClN7O2. The number of ether oxygens (including phenoxy) is 2. The molecule has 5 rings (SSSR count). The summed E-state index contributed by atoms with van der Waals surface area (Å²) in [4.78, 5) is 19.8. The van der Waals surface area contributed by atoms with Crippen LogP contribution in [0.5, 0.6) is 11.5 Å². The van der Waals surface area contributed by atoms with Crippen molar-refractivity contribution in [2.24, 2.45) is 0 Å². The second-order valence-corrected chi connectivity index (χ2v) is 9.06. The molecule has 3 heterocycles. The van der Waals surface area contributed by atoms with Gasteiger partial charge in [0.05, 0.1) is 35.1 Å². The van der Waals surface area contributed by atoms with Crippen LogP contribution in [0, 0.1) is 0 Å². The molecular weight excluding hydrogens is 466 g/mol. The van der Waals surface area contributed by atoms with Gasteiger partial charge in [0.15, 0.2) is 11.5 Å². The average Bonchev–Trinajstić information content (AvgIpc) is 2.82. The Morgan fingerprint density at radius 2 is 1.71 bits per heavy atom. The van der Waals surface area contributed by atoms with Gasteiger partial charge in [-0.25, -0.2) is 4.98 Å². The summed E-state index contributed by atoms with van der Waals surface area (Å²) >= 11 is 5.99. The van der Waals surface area contributed by atoms with Crippen molar-refractivity contribution < 1.29 is 9.47 Å². The maximum atomic E-state index is 6.14. The Morgan fingerprint density at radius 1 is 0.914 bits per heavy atom. The van der Waals surface area contributed by atoms with Gasteiger partial charge in [0.2, 0.25) is 5.95 Å². The molecule has 0 aliphatic heterocycles. The lowest BCUT2D eigenvalue weighted by molar-refractivity contribution is 0.0383. The molecule has 0 saturated heterocycles. The minimum absolute atomic E-state index is 0.206. The smallest absolute Gasteiger partial charge is 0.229 e. The summed E-state index contributed by atoms with van der Waals surface area (Å²) in [5, 5.41) is 7.01. The van der Waals surface area contributed by atoms with E-state index in [2.05, 4.69) is 49.6 Å². The van der Waals surface area contributed by atoms with E-state index in [0.717, 1.165) is 41.0 Å². The summed E-state index contributed by atoms with van der Waals surface area (Å²) in [7, 11) is 5.83. The van der Waals surface area contributed by atoms with Crippen LogP contribution >= 0.6 is 11.6 Å². The van der Waals surface area contributed by atoms with Gasteiger partial charge < -0.3 is 25.0 Å². The molecule has 1 aliphatic rings. The van der Waals surface area contributed by atoms with Crippen molar-refractivity contribution in [3.8, 4) is 11.5 Å². The van der Waals surface area contributed by atoms with E-state index in [1.54, 1.807) is 37.8 Å². The van der Waals surface area contributed by atoms with Crippen LogP contribution in [0.3, 0.4) is 0 Å². The topological polar surface area (TPSA) is 97.3 Å². The van der Waals surface area contributed by atoms with E-state index in [1.165, 1.54) is 0 Å². The molecule has 0 unspecified atom stereocenters.